The number of anilines is 1. The van der Waals surface area contributed by atoms with Crippen molar-refractivity contribution >= 4 is 29.4 Å². The van der Waals surface area contributed by atoms with E-state index in [0.717, 1.165) is 6.42 Å². The molecule has 4 rings (SSSR count). The minimum atomic E-state index is -1.62. The number of aliphatic hydroxyl groups excluding tert-OH is 1. The van der Waals surface area contributed by atoms with Gasteiger partial charge in [-0.3, -0.25) is 19.3 Å². The first kappa shape index (κ1) is 44.6. The lowest BCUT2D eigenvalue weighted by molar-refractivity contribution is -0.295. The summed E-state index contributed by atoms with van der Waals surface area (Å²) >= 11 is 0. The molecule has 0 bridgehead atoms. The average molecular weight is 774 g/mol. The summed E-state index contributed by atoms with van der Waals surface area (Å²) in [5.74, 6) is -2.30. The molecular formula is C41H67N5O9. The number of Topliss-reactive ketones (excluding diaryl/α,β-unsaturated/α-hetero) is 1. The molecule has 0 spiro atoms. The van der Waals surface area contributed by atoms with Gasteiger partial charge in [0.1, 0.15) is 23.7 Å². The van der Waals surface area contributed by atoms with Crippen LogP contribution in [0.5, 0.6) is 0 Å². The number of cyclic esters (lactones) is 1. The largest absolute Gasteiger partial charge is 0.460 e. The van der Waals surface area contributed by atoms with Gasteiger partial charge in [-0.2, -0.15) is 0 Å². The molecule has 0 radical (unpaired) electrons. The van der Waals surface area contributed by atoms with Crippen molar-refractivity contribution in [3.05, 3.63) is 30.3 Å². The predicted molar refractivity (Wildman–Crippen MR) is 209 cm³/mol. The lowest BCUT2D eigenvalue weighted by Crippen LogP contribution is -2.60. The molecule has 310 valence electrons. The highest BCUT2D eigenvalue weighted by Gasteiger charge is 2.52. The summed E-state index contributed by atoms with van der Waals surface area (Å²) in [5, 5.41) is 14.4. The van der Waals surface area contributed by atoms with E-state index in [1.807, 2.05) is 70.1 Å². The third-order valence-electron chi connectivity index (χ3n) is 11.7. The van der Waals surface area contributed by atoms with E-state index in [-0.39, 0.29) is 30.0 Å². The second-order valence-electron chi connectivity index (χ2n) is 16.9. The number of rotatable bonds is 8. The summed E-state index contributed by atoms with van der Waals surface area (Å²) in [4.78, 5) is 63.7. The minimum absolute atomic E-state index is 0.0824. The van der Waals surface area contributed by atoms with Gasteiger partial charge in [0, 0.05) is 57.5 Å². The zero-order chi connectivity index (χ0) is 40.8. The molecule has 14 nitrogen and oxygen atoms in total. The number of esters is 1. The van der Waals surface area contributed by atoms with Crippen molar-refractivity contribution < 1.29 is 43.2 Å². The lowest BCUT2D eigenvalue weighted by Gasteiger charge is -2.47. The summed E-state index contributed by atoms with van der Waals surface area (Å²) in [7, 11) is 5.38. The van der Waals surface area contributed by atoms with Crippen LogP contribution in [0.15, 0.2) is 30.3 Å². The van der Waals surface area contributed by atoms with Gasteiger partial charge in [-0.25, -0.2) is 4.79 Å². The number of likely N-dealkylation sites (N-methyl/N-ethyl adjacent to an activating group) is 1. The van der Waals surface area contributed by atoms with Crippen molar-refractivity contribution in [3.63, 3.8) is 0 Å². The van der Waals surface area contributed by atoms with Crippen molar-refractivity contribution in [3.8, 4) is 0 Å². The maximum absolute atomic E-state index is 14.6. The number of piperazine rings is 1. The molecule has 3 fully saturated rings. The molecule has 1 aromatic rings. The van der Waals surface area contributed by atoms with Gasteiger partial charge in [-0.05, 0) is 92.6 Å². The fraction of sp³-hybridized carbons (Fsp3) is 0.756. The van der Waals surface area contributed by atoms with Gasteiger partial charge >= 0.3 is 12.0 Å². The smallest absolute Gasteiger partial charge is 0.321 e. The number of urea groups is 1. The number of ether oxygens (including phenoxy) is 4. The van der Waals surface area contributed by atoms with Crippen LogP contribution in [0, 0.1) is 17.3 Å². The molecule has 3 aliphatic rings. The molecule has 14 heteroatoms. The second-order valence-corrected chi connectivity index (χ2v) is 16.9. The van der Waals surface area contributed by atoms with Gasteiger partial charge in [0.2, 0.25) is 5.91 Å². The average Bonchev–Trinajstić information content (AvgIpc) is 3.14. The highest BCUT2D eigenvalue weighted by atomic mass is 16.7. The SMILES string of the molecule is CCCN1C[C@H](C)C[C@@](C)(OC)[C@H](O[C@@H]2O[C@H](C)C[C@H](N(C)C)[C@H]2O)[C@@H](C)C(=O)C(C)(C)C(=O)O[C@@H](C)[C@@H]1C(=O)N1CCN(C(=O)Nc2ccccc2)CC1. The Kier molecular flexibility index (Phi) is 15.3. The van der Waals surface area contributed by atoms with E-state index in [0.29, 0.717) is 57.8 Å². The van der Waals surface area contributed by atoms with Crippen molar-refractivity contribution in [1.82, 2.24) is 19.6 Å². The Morgan fingerprint density at radius 1 is 1.00 bits per heavy atom. The topological polar surface area (TPSA) is 150 Å². The normalized spacial score (nSPS) is 34.3. The van der Waals surface area contributed by atoms with Crippen LogP contribution < -0.4 is 5.32 Å². The second kappa shape index (κ2) is 18.9. The van der Waals surface area contributed by atoms with Crippen LogP contribution in [0.4, 0.5) is 10.5 Å². The Morgan fingerprint density at radius 2 is 1.62 bits per heavy atom. The molecule has 0 aromatic heterocycles. The monoisotopic (exact) mass is 773 g/mol. The molecule has 3 heterocycles. The number of para-hydroxylation sites is 1. The summed E-state index contributed by atoms with van der Waals surface area (Å²) in [6, 6.07) is 7.93. The van der Waals surface area contributed by atoms with Gasteiger partial charge in [0.25, 0.3) is 0 Å². The lowest BCUT2D eigenvalue weighted by atomic mass is 9.74. The summed E-state index contributed by atoms with van der Waals surface area (Å²) < 4.78 is 25.3. The highest BCUT2D eigenvalue weighted by molar-refractivity contribution is 6.04. The molecule has 0 aliphatic carbocycles. The number of hydrogen-bond acceptors (Lipinski definition) is 11. The van der Waals surface area contributed by atoms with E-state index in [1.54, 1.807) is 44.6 Å². The van der Waals surface area contributed by atoms with Gasteiger partial charge in [0.05, 0.1) is 17.8 Å². The fourth-order valence-corrected chi connectivity index (χ4v) is 8.58. The Bertz CT molecular complexity index is 1450. The molecule has 1 aromatic carbocycles. The van der Waals surface area contributed by atoms with Gasteiger partial charge in [0.15, 0.2) is 12.1 Å². The van der Waals surface area contributed by atoms with E-state index in [2.05, 4.69) is 17.1 Å². The standard InChI is InChI=1S/C41H67N5O9/c1-12-18-46-25-26(2)24-41(8,52-11)35(55-37-33(47)31(43(9)10)23-27(3)53-37)28(4)34(48)40(6,7)38(50)54-29(5)32(46)36(49)44-19-21-45(22-20-44)39(51)42-30-16-14-13-15-17-30/h13-17,26-29,31-33,35,37,47H,12,18-25H2,1-11H3,(H,42,51)/t26-,27-,28+,29+,31+,32-,33-,35-,37+,41-/m1/s1. The van der Waals surface area contributed by atoms with Crippen LogP contribution in [0.25, 0.3) is 0 Å². The van der Waals surface area contributed by atoms with Gasteiger partial charge in [-0.1, -0.05) is 39.0 Å². The number of amides is 3. The van der Waals surface area contributed by atoms with E-state index in [1.165, 1.54) is 0 Å². The number of aliphatic hydroxyl groups is 1. The third-order valence-corrected chi connectivity index (χ3v) is 11.7. The van der Waals surface area contributed by atoms with Gasteiger partial charge < -0.3 is 44.1 Å². The first-order valence-corrected chi connectivity index (χ1v) is 19.9. The fourth-order valence-electron chi connectivity index (χ4n) is 8.58. The zero-order valence-electron chi connectivity index (χ0n) is 34.9. The first-order chi connectivity index (χ1) is 25.8. The Morgan fingerprint density at radius 3 is 2.20 bits per heavy atom. The number of benzene rings is 1. The van der Waals surface area contributed by atoms with Gasteiger partial charge in [-0.15, -0.1) is 0 Å². The number of carbonyl (C=O) groups is 4. The third kappa shape index (κ3) is 10.4. The number of carbonyl (C=O) groups excluding carboxylic acids is 4. The van der Waals surface area contributed by atoms with E-state index < -0.39 is 59.3 Å². The van der Waals surface area contributed by atoms with E-state index in [9.17, 15) is 24.3 Å². The number of hydrogen-bond donors (Lipinski definition) is 2. The molecule has 3 saturated heterocycles. The quantitative estimate of drug-likeness (QED) is 0.293. The van der Waals surface area contributed by atoms with Crippen molar-refractivity contribution in [2.75, 3.05) is 65.8 Å². The summed E-state index contributed by atoms with van der Waals surface area (Å²) in [6.07, 6.45) is -2.29. The number of ketones is 1. The highest BCUT2D eigenvalue weighted by Crippen LogP contribution is 2.39. The van der Waals surface area contributed by atoms with E-state index >= 15 is 0 Å². The predicted octanol–water partition coefficient (Wildman–Crippen LogP) is 3.86. The Labute approximate surface area is 328 Å². The van der Waals surface area contributed by atoms with Crippen LogP contribution in [-0.4, -0.2) is 157 Å². The Hall–Kier alpha value is -3.14. The molecule has 3 aliphatic heterocycles. The van der Waals surface area contributed by atoms with Crippen LogP contribution in [0.3, 0.4) is 0 Å². The van der Waals surface area contributed by atoms with Crippen LogP contribution >= 0.6 is 0 Å². The molecule has 55 heavy (non-hydrogen) atoms. The Balaban J connectivity index is 1.64. The molecule has 10 atom stereocenters. The number of methoxy groups -OCH3 is 1. The summed E-state index contributed by atoms with van der Waals surface area (Å²) in [5.41, 5.74) is -1.99. The molecule has 3 amide bonds. The molecular weight excluding hydrogens is 706 g/mol. The number of nitrogens with zero attached hydrogens (tertiary/aromatic N) is 4. The van der Waals surface area contributed by atoms with Crippen molar-refractivity contribution in [2.24, 2.45) is 17.3 Å². The van der Waals surface area contributed by atoms with Crippen LogP contribution in [-0.2, 0) is 33.3 Å². The van der Waals surface area contributed by atoms with Crippen LogP contribution in [0.1, 0.15) is 74.7 Å². The molecule has 0 unspecified atom stereocenters. The zero-order valence-corrected chi connectivity index (χ0v) is 34.9. The first-order valence-electron chi connectivity index (χ1n) is 19.9. The minimum Gasteiger partial charge on any atom is -0.460 e. The van der Waals surface area contributed by atoms with E-state index in [4.69, 9.17) is 18.9 Å². The molecule has 0 saturated carbocycles. The molecule has 2 N–H and O–H groups in total. The van der Waals surface area contributed by atoms with Crippen molar-refractivity contribution in [2.45, 2.75) is 123 Å². The summed E-state index contributed by atoms with van der Waals surface area (Å²) in [6.45, 7) is 16.8. The maximum Gasteiger partial charge on any atom is 0.321 e. The van der Waals surface area contributed by atoms with Crippen LogP contribution in [0.2, 0.25) is 0 Å². The van der Waals surface area contributed by atoms with Crippen molar-refractivity contribution in [1.29, 1.82) is 0 Å². The number of nitrogens with one attached hydrogen (secondary N) is 1. The maximum atomic E-state index is 14.6.